The van der Waals surface area contributed by atoms with E-state index >= 15 is 0 Å². The summed E-state index contributed by atoms with van der Waals surface area (Å²) in [6.45, 7) is 2.18. The molecule has 1 atom stereocenters. The van der Waals surface area contributed by atoms with Crippen LogP contribution in [0.25, 0.3) is 0 Å². The average Bonchev–Trinajstić information content (AvgIpc) is 2.50. The summed E-state index contributed by atoms with van der Waals surface area (Å²) in [5.41, 5.74) is 0. The number of aryl methyl sites for hydroxylation is 1. The summed E-state index contributed by atoms with van der Waals surface area (Å²) >= 11 is 0. The van der Waals surface area contributed by atoms with Gasteiger partial charge in [0.25, 0.3) is 0 Å². The fraction of sp³-hybridized carbons (Fsp3) is 0.875. The Labute approximate surface area is 78.5 Å². The van der Waals surface area contributed by atoms with Gasteiger partial charge in [0, 0.05) is 12.5 Å². The SMILES string of the molecule is CCCC(Cc1nnn(C)n1)NC. The van der Waals surface area contributed by atoms with E-state index in [-0.39, 0.29) is 0 Å². The molecule has 1 rings (SSSR count). The lowest BCUT2D eigenvalue weighted by atomic mass is 10.1. The van der Waals surface area contributed by atoms with Gasteiger partial charge in [0.2, 0.25) is 0 Å². The Bertz CT molecular complexity index is 244. The Morgan fingerprint density at radius 2 is 2.31 bits per heavy atom. The molecule has 5 nitrogen and oxygen atoms in total. The molecule has 0 fully saturated rings. The first-order valence-corrected chi connectivity index (χ1v) is 4.66. The van der Waals surface area contributed by atoms with E-state index < -0.39 is 0 Å². The fourth-order valence-corrected chi connectivity index (χ4v) is 1.32. The summed E-state index contributed by atoms with van der Waals surface area (Å²) in [7, 11) is 3.75. The van der Waals surface area contributed by atoms with E-state index in [0.717, 1.165) is 18.7 Å². The monoisotopic (exact) mass is 183 g/mol. The lowest BCUT2D eigenvalue weighted by Gasteiger charge is -2.11. The molecule has 1 unspecified atom stereocenters. The molecule has 0 aliphatic carbocycles. The standard InChI is InChI=1S/C8H17N5/c1-4-5-7(9-2)6-8-10-12-13(3)11-8/h7,9H,4-6H2,1-3H3. The van der Waals surface area contributed by atoms with Crippen LogP contribution in [-0.4, -0.2) is 33.3 Å². The van der Waals surface area contributed by atoms with Gasteiger partial charge in [0.1, 0.15) is 0 Å². The predicted octanol–water partition coefficient (Wildman–Crippen LogP) is 0.141. The molecule has 0 saturated heterocycles. The Balaban J connectivity index is 2.46. The number of aromatic nitrogens is 4. The third-order valence-corrected chi connectivity index (χ3v) is 2.02. The fourth-order valence-electron chi connectivity index (χ4n) is 1.32. The highest BCUT2D eigenvalue weighted by Crippen LogP contribution is 2.01. The van der Waals surface area contributed by atoms with Gasteiger partial charge in [-0.2, -0.15) is 4.80 Å². The number of nitrogens with one attached hydrogen (secondary N) is 1. The summed E-state index contributed by atoms with van der Waals surface area (Å²) in [5.74, 6) is 0.815. The maximum Gasteiger partial charge on any atom is 0.176 e. The molecule has 0 aliphatic rings. The van der Waals surface area contributed by atoms with Gasteiger partial charge < -0.3 is 5.32 Å². The Kier molecular flexibility index (Phi) is 3.82. The van der Waals surface area contributed by atoms with Crippen molar-refractivity contribution >= 4 is 0 Å². The molecule has 0 amide bonds. The molecule has 0 radical (unpaired) electrons. The highest BCUT2D eigenvalue weighted by atomic mass is 15.6. The lowest BCUT2D eigenvalue weighted by Crippen LogP contribution is -2.27. The highest BCUT2D eigenvalue weighted by Gasteiger charge is 2.09. The Hall–Kier alpha value is -0.970. The van der Waals surface area contributed by atoms with Crippen molar-refractivity contribution in [1.29, 1.82) is 0 Å². The van der Waals surface area contributed by atoms with Crippen molar-refractivity contribution in [3.8, 4) is 0 Å². The van der Waals surface area contributed by atoms with Crippen LogP contribution in [0.3, 0.4) is 0 Å². The van der Waals surface area contributed by atoms with Crippen LogP contribution in [0.2, 0.25) is 0 Å². The average molecular weight is 183 g/mol. The first-order valence-electron chi connectivity index (χ1n) is 4.66. The summed E-state index contributed by atoms with van der Waals surface area (Å²) in [6, 6.07) is 0.467. The van der Waals surface area contributed by atoms with Crippen LogP contribution in [0.1, 0.15) is 25.6 Å². The van der Waals surface area contributed by atoms with Gasteiger partial charge in [-0.25, -0.2) is 0 Å². The molecule has 0 bridgehead atoms. The van der Waals surface area contributed by atoms with Crippen LogP contribution in [0.5, 0.6) is 0 Å². The van der Waals surface area contributed by atoms with Crippen molar-refractivity contribution in [3.63, 3.8) is 0 Å². The molecule has 1 heterocycles. The molecule has 0 aliphatic heterocycles. The molecule has 1 aromatic heterocycles. The van der Waals surface area contributed by atoms with E-state index in [9.17, 15) is 0 Å². The zero-order valence-corrected chi connectivity index (χ0v) is 8.49. The quantitative estimate of drug-likeness (QED) is 0.705. The number of likely N-dealkylation sites (N-methyl/N-ethyl adjacent to an activating group) is 1. The van der Waals surface area contributed by atoms with Crippen LogP contribution in [0.15, 0.2) is 0 Å². The largest absolute Gasteiger partial charge is 0.317 e. The normalized spacial score (nSPS) is 13.2. The summed E-state index contributed by atoms with van der Waals surface area (Å²) in [4.78, 5) is 1.49. The van der Waals surface area contributed by atoms with Gasteiger partial charge in [0.05, 0.1) is 7.05 Å². The van der Waals surface area contributed by atoms with Crippen molar-refractivity contribution in [2.75, 3.05) is 7.05 Å². The molecule has 1 N–H and O–H groups in total. The van der Waals surface area contributed by atoms with Gasteiger partial charge in [0.15, 0.2) is 5.82 Å². The van der Waals surface area contributed by atoms with Crippen molar-refractivity contribution in [2.24, 2.45) is 7.05 Å². The van der Waals surface area contributed by atoms with Crippen molar-refractivity contribution in [1.82, 2.24) is 25.5 Å². The number of nitrogens with zero attached hydrogens (tertiary/aromatic N) is 4. The Morgan fingerprint density at radius 1 is 1.54 bits per heavy atom. The van der Waals surface area contributed by atoms with Gasteiger partial charge in [-0.1, -0.05) is 13.3 Å². The predicted molar refractivity (Wildman–Crippen MR) is 50.3 cm³/mol. The van der Waals surface area contributed by atoms with Gasteiger partial charge >= 0.3 is 0 Å². The summed E-state index contributed by atoms with van der Waals surface area (Å²) in [6.07, 6.45) is 3.18. The van der Waals surface area contributed by atoms with E-state index in [1.807, 2.05) is 7.05 Å². The van der Waals surface area contributed by atoms with E-state index in [0.29, 0.717) is 6.04 Å². The zero-order chi connectivity index (χ0) is 9.68. The molecule has 5 heteroatoms. The van der Waals surface area contributed by atoms with Crippen LogP contribution >= 0.6 is 0 Å². The lowest BCUT2D eigenvalue weighted by molar-refractivity contribution is 0.502. The van der Waals surface area contributed by atoms with Crippen LogP contribution < -0.4 is 5.32 Å². The van der Waals surface area contributed by atoms with E-state index in [2.05, 4.69) is 27.7 Å². The second-order valence-corrected chi connectivity index (χ2v) is 3.17. The maximum atomic E-state index is 4.14. The van der Waals surface area contributed by atoms with E-state index in [4.69, 9.17) is 0 Å². The molecule has 1 aromatic rings. The van der Waals surface area contributed by atoms with Gasteiger partial charge in [-0.05, 0) is 18.7 Å². The minimum Gasteiger partial charge on any atom is -0.317 e. The van der Waals surface area contributed by atoms with Crippen molar-refractivity contribution < 1.29 is 0 Å². The van der Waals surface area contributed by atoms with Crippen LogP contribution in [-0.2, 0) is 13.5 Å². The molecular weight excluding hydrogens is 166 g/mol. The van der Waals surface area contributed by atoms with E-state index in [1.165, 1.54) is 11.2 Å². The summed E-state index contributed by atoms with van der Waals surface area (Å²) < 4.78 is 0. The van der Waals surface area contributed by atoms with Crippen molar-refractivity contribution in [2.45, 2.75) is 32.2 Å². The molecular formula is C8H17N5. The van der Waals surface area contributed by atoms with Gasteiger partial charge in [-0.15, -0.1) is 10.2 Å². The first-order chi connectivity index (χ1) is 6.26. The number of hydrogen-bond donors (Lipinski definition) is 1. The molecule has 13 heavy (non-hydrogen) atoms. The van der Waals surface area contributed by atoms with E-state index in [1.54, 1.807) is 7.05 Å². The first kappa shape index (κ1) is 10.1. The minimum absolute atomic E-state index is 0.467. The smallest absolute Gasteiger partial charge is 0.176 e. The van der Waals surface area contributed by atoms with Crippen LogP contribution in [0.4, 0.5) is 0 Å². The number of tetrazole rings is 1. The second kappa shape index (κ2) is 4.91. The summed E-state index contributed by atoms with van der Waals surface area (Å²) in [5, 5.41) is 15.1. The maximum absolute atomic E-state index is 4.14. The van der Waals surface area contributed by atoms with Crippen molar-refractivity contribution in [3.05, 3.63) is 5.82 Å². The third-order valence-electron chi connectivity index (χ3n) is 2.02. The molecule has 0 spiro atoms. The zero-order valence-electron chi connectivity index (χ0n) is 8.49. The van der Waals surface area contributed by atoms with Gasteiger partial charge in [-0.3, -0.25) is 0 Å². The second-order valence-electron chi connectivity index (χ2n) is 3.17. The molecule has 0 saturated carbocycles. The number of hydrogen-bond acceptors (Lipinski definition) is 4. The number of rotatable bonds is 5. The highest BCUT2D eigenvalue weighted by molar-refractivity contribution is 4.83. The topological polar surface area (TPSA) is 55.6 Å². The van der Waals surface area contributed by atoms with Crippen LogP contribution in [0, 0.1) is 0 Å². The molecule has 74 valence electrons. The minimum atomic E-state index is 0.467. The Morgan fingerprint density at radius 3 is 2.77 bits per heavy atom. The molecule has 0 aromatic carbocycles. The third kappa shape index (κ3) is 3.10.